The molecular weight excluding hydrogens is 450 g/mol. The molecule has 1 saturated heterocycles. The first-order valence-corrected chi connectivity index (χ1v) is 11.4. The molecule has 10 nitrogen and oxygen atoms in total. The monoisotopic (exact) mass is 481 g/mol. The molecule has 1 aliphatic heterocycles. The molecule has 2 aromatic carbocycles. The minimum absolute atomic E-state index is 0.000185. The van der Waals surface area contributed by atoms with Gasteiger partial charge in [-0.15, -0.1) is 0 Å². The summed E-state index contributed by atoms with van der Waals surface area (Å²) in [6.45, 7) is 3.82. The van der Waals surface area contributed by atoms with Crippen LogP contribution in [0.4, 0.5) is 0 Å². The number of benzene rings is 2. The number of amidine groups is 2. The summed E-state index contributed by atoms with van der Waals surface area (Å²) in [5, 5.41) is 18.6. The van der Waals surface area contributed by atoms with Crippen molar-refractivity contribution in [1.82, 2.24) is 10.2 Å². The number of carbonyl (C=O) groups is 2. The van der Waals surface area contributed by atoms with Crippen LogP contribution < -0.4 is 20.5 Å². The van der Waals surface area contributed by atoms with Gasteiger partial charge < -0.3 is 30.2 Å². The molecular formula is C25H31N5O5. The van der Waals surface area contributed by atoms with Gasteiger partial charge >= 0.3 is 5.97 Å². The summed E-state index contributed by atoms with van der Waals surface area (Å²) in [6, 6.07) is 11.7. The highest BCUT2D eigenvalue weighted by atomic mass is 16.6. The van der Waals surface area contributed by atoms with Crippen molar-refractivity contribution in [3.8, 4) is 11.5 Å². The van der Waals surface area contributed by atoms with Crippen LogP contribution >= 0.6 is 0 Å². The quantitative estimate of drug-likeness (QED) is 0.166. The Morgan fingerprint density at radius 2 is 1.54 bits per heavy atom. The molecule has 0 aromatic heterocycles. The molecule has 1 fully saturated rings. The van der Waals surface area contributed by atoms with E-state index in [1.807, 2.05) is 4.90 Å². The van der Waals surface area contributed by atoms with E-state index in [1.165, 1.54) is 6.92 Å². The largest absolute Gasteiger partial charge is 0.488 e. The minimum Gasteiger partial charge on any atom is -0.488 e. The molecule has 0 radical (unpaired) electrons. The highest BCUT2D eigenvalue weighted by molar-refractivity contribution is 5.98. The van der Waals surface area contributed by atoms with Crippen LogP contribution in [0.5, 0.6) is 11.5 Å². The normalized spacial score (nSPS) is 12.7. The molecule has 0 saturated carbocycles. The number of nitrogens with two attached hydrogens (primary N) is 1. The summed E-state index contributed by atoms with van der Waals surface area (Å²) in [6.07, 6.45) is 2.19. The number of rotatable bonds is 11. The first-order valence-electron chi connectivity index (χ1n) is 11.4. The maximum atomic E-state index is 12.4. The maximum absolute atomic E-state index is 12.4. The lowest BCUT2D eigenvalue weighted by atomic mass is 10.1. The Hall–Kier alpha value is -4.08. The Kier molecular flexibility index (Phi) is 9.05. The van der Waals surface area contributed by atoms with E-state index in [4.69, 9.17) is 30.8 Å². The number of nitrogens with one attached hydrogen (secondary N) is 3. The van der Waals surface area contributed by atoms with Crippen molar-refractivity contribution in [3.63, 3.8) is 0 Å². The van der Waals surface area contributed by atoms with Crippen LogP contribution in [0.1, 0.15) is 41.3 Å². The summed E-state index contributed by atoms with van der Waals surface area (Å²) < 4.78 is 16.7. The Labute approximate surface area is 204 Å². The van der Waals surface area contributed by atoms with Crippen molar-refractivity contribution in [1.29, 1.82) is 10.8 Å². The first-order chi connectivity index (χ1) is 16.8. The van der Waals surface area contributed by atoms with Gasteiger partial charge in [0.05, 0.1) is 12.1 Å². The Morgan fingerprint density at radius 3 is 2.20 bits per heavy atom. The van der Waals surface area contributed by atoms with Gasteiger partial charge in [0.1, 0.15) is 31.5 Å². The van der Waals surface area contributed by atoms with Crippen molar-refractivity contribution in [2.24, 2.45) is 5.73 Å². The minimum atomic E-state index is -0.489. The van der Waals surface area contributed by atoms with Crippen LogP contribution in [0.25, 0.3) is 0 Å². The zero-order valence-electron chi connectivity index (χ0n) is 19.8. The molecule has 5 N–H and O–H groups in total. The molecule has 0 bridgehead atoms. The molecule has 1 aliphatic rings. The van der Waals surface area contributed by atoms with E-state index < -0.39 is 5.97 Å². The lowest BCUT2D eigenvalue weighted by Gasteiger charge is -2.18. The molecule has 0 unspecified atom stereocenters. The molecule has 0 spiro atoms. The van der Waals surface area contributed by atoms with Crippen LogP contribution in [0.2, 0.25) is 0 Å². The van der Waals surface area contributed by atoms with E-state index in [2.05, 4.69) is 5.32 Å². The standard InChI is InChI=1S/C25H31N5O5/c1-17(31)29-10-13-33-21-9-8-20(23(26)27)16-22(21)34-14-15-35-25(32)19-6-4-18(5-7-19)24(28)30-11-2-3-12-30/h4-9,16,28H,2-3,10-15H2,1H3,(H3,26,27)(H,29,31). The fourth-order valence-corrected chi connectivity index (χ4v) is 3.55. The molecule has 1 amide bonds. The van der Waals surface area contributed by atoms with Gasteiger partial charge in [-0.25, -0.2) is 4.79 Å². The second-order valence-corrected chi connectivity index (χ2v) is 8.01. The van der Waals surface area contributed by atoms with E-state index in [0.717, 1.165) is 31.5 Å². The van der Waals surface area contributed by atoms with Crippen molar-refractivity contribution in [2.45, 2.75) is 19.8 Å². The molecule has 10 heteroatoms. The zero-order chi connectivity index (χ0) is 25.2. The lowest BCUT2D eigenvalue weighted by Crippen LogP contribution is -2.27. The zero-order valence-corrected chi connectivity index (χ0v) is 19.8. The Morgan fingerprint density at radius 1 is 0.914 bits per heavy atom. The summed E-state index contributed by atoms with van der Waals surface area (Å²) in [5.74, 6) is 0.477. The number of likely N-dealkylation sites (tertiary alicyclic amines) is 1. The van der Waals surface area contributed by atoms with Crippen molar-refractivity contribution < 1.29 is 23.8 Å². The van der Waals surface area contributed by atoms with Crippen LogP contribution in [0, 0.1) is 10.8 Å². The fourth-order valence-electron chi connectivity index (χ4n) is 3.55. The predicted octanol–water partition coefficient (Wildman–Crippen LogP) is 2.14. The number of hydrogen-bond acceptors (Lipinski definition) is 7. The highest BCUT2D eigenvalue weighted by Gasteiger charge is 2.17. The molecule has 3 rings (SSSR count). The summed E-state index contributed by atoms with van der Waals surface area (Å²) in [4.78, 5) is 25.4. The molecule has 186 valence electrons. The van der Waals surface area contributed by atoms with Crippen molar-refractivity contribution in [3.05, 3.63) is 59.2 Å². The van der Waals surface area contributed by atoms with Crippen LogP contribution in [0.3, 0.4) is 0 Å². The van der Waals surface area contributed by atoms with Gasteiger partial charge in [-0.05, 0) is 43.2 Å². The summed E-state index contributed by atoms with van der Waals surface area (Å²) in [5.41, 5.74) is 7.19. The number of nitrogens with zero attached hydrogens (tertiary/aromatic N) is 1. The van der Waals surface area contributed by atoms with Crippen LogP contribution in [0.15, 0.2) is 42.5 Å². The second kappa shape index (κ2) is 12.4. The predicted molar refractivity (Wildman–Crippen MR) is 131 cm³/mol. The highest BCUT2D eigenvalue weighted by Crippen LogP contribution is 2.28. The third kappa shape index (κ3) is 7.46. The number of hydrogen-bond donors (Lipinski definition) is 4. The summed E-state index contributed by atoms with van der Waals surface area (Å²) in [7, 11) is 0. The number of nitrogen functional groups attached to an aromatic ring is 1. The van der Waals surface area contributed by atoms with Gasteiger partial charge in [-0.3, -0.25) is 15.6 Å². The summed E-state index contributed by atoms with van der Waals surface area (Å²) >= 11 is 0. The van der Waals surface area contributed by atoms with E-state index in [9.17, 15) is 9.59 Å². The van der Waals surface area contributed by atoms with E-state index >= 15 is 0 Å². The first kappa shape index (κ1) is 25.5. The average Bonchev–Trinajstić information content (AvgIpc) is 3.39. The van der Waals surface area contributed by atoms with E-state index in [-0.39, 0.29) is 31.6 Å². The number of esters is 1. The van der Waals surface area contributed by atoms with Crippen molar-refractivity contribution >= 4 is 23.5 Å². The third-order valence-corrected chi connectivity index (χ3v) is 5.38. The molecule has 2 aromatic rings. The Balaban J connectivity index is 1.51. The van der Waals surface area contributed by atoms with Crippen molar-refractivity contribution in [2.75, 3.05) is 39.5 Å². The molecule has 0 atom stereocenters. The Bertz CT molecular complexity index is 1060. The van der Waals surface area contributed by atoms with E-state index in [0.29, 0.717) is 35.0 Å². The van der Waals surface area contributed by atoms with Gasteiger partial charge in [-0.2, -0.15) is 0 Å². The average molecular weight is 482 g/mol. The fraction of sp³-hybridized carbons (Fsp3) is 0.360. The second-order valence-electron chi connectivity index (χ2n) is 8.01. The maximum Gasteiger partial charge on any atom is 0.338 e. The van der Waals surface area contributed by atoms with Gasteiger partial charge in [0, 0.05) is 31.1 Å². The third-order valence-electron chi connectivity index (χ3n) is 5.38. The van der Waals surface area contributed by atoms with Crippen LogP contribution in [-0.4, -0.2) is 67.9 Å². The van der Waals surface area contributed by atoms with E-state index in [1.54, 1.807) is 42.5 Å². The molecule has 0 aliphatic carbocycles. The smallest absolute Gasteiger partial charge is 0.338 e. The molecule has 35 heavy (non-hydrogen) atoms. The topological polar surface area (TPSA) is 151 Å². The van der Waals surface area contributed by atoms with Gasteiger partial charge in [0.2, 0.25) is 5.91 Å². The van der Waals surface area contributed by atoms with Gasteiger partial charge in [0.15, 0.2) is 11.5 Å². The molecule has 1 heterocycles. The SMILES string of the molecule is CC(=O)NCCOc1ccc(C(=N)N)cc1OCCOC(=O)c1ccc(C(=N)N2CCCC2)cc1. The van der Waals surface area contributed by atoms with Gasteiger partial charge in [0.25, 0.3) is 0 Å². The lowest BCUT2D eigenvalue weighted by molar-refractivity contribution is -0.119. The number of amides is 1. The van der Waals surface area contributed by atoms with Crippen LogP contribution in [-0.2, 0) is 9.53 Å². The number of carbonyl (C=O) groups excluding carboxylic acids is 2. The van der Waals surface area contributed by atoms with Gasteiger partial charge in [-0.1, -0.05) is 12.1 Å². The number of ether oxygens (including phenoxy) is 3.